The molecule has 0 unspecified atom stereocenters. The fourth-order valence-corrected chi connectivity index (χ4v) is 14.0. The average molecular weight is 1890 g/mol. The van der Waals surface area contributed by atoms with Crippen LogP contribution in [0, 0.1) is 41.4 Å². The Morgan fingerprint density at radius 1 is 0.338 bits per heavy atom. The normalized spacial score (nSPS) is 16.4. The predicted octanol–water partition coefficient (Wildman–Crippen LogP) is -6.87. The molecule has 0 bridgehead atoms. The summed E-state index contributed by atoms with van der Waals surface area (Å²) in [7, 11) is 0. The number of likely N-dealkylation sites (tertiary alicyclic amines) is 1. The number of hydrogen-bond acceptors (Lipinski definition) is 25. The van der Waals surface area contributed by atoms with Crippen molar-refractivity contribution in [2.24, 2.45) is 80.8 Å². The highest BCUT2D eigenvalue weighted by atomic mass is 16.3. The van der Waals surface area contributed by atoms with E-state index in [1.807, 2.05) is 13.8 Å². The molecule has 1 rings (SSSR count). The van der Waals surface area contributed by atoms with E-state index in [0.29, 0.717) is 19.3 Å². The summed E-state index contributed by atoms with van der Waals surface area (Å²) < 4.78 is 0. The van der Waals surface area contributed by atoms with E-state index in [-0.39, 0.29) is 138 Å². The van der Waals surface area contributed by atoms with Gasteiger partial charge in [0, 0.05) is 13.1 Å². The van der Waals surface area contributed by atoms with E-state index in [0.717, 1.165) is 0 Å². The van der Waals surface area contributed by atoms with Crippen LogP contribution in [0.1, 0.15) is 228 Å². The van der Waals surface area contributed by atoms with Crippen LogP contribution in [0.15, 0.2) is 4.99 Å². The van der Waals surface area contributed by atoms with E-state index in [4.69, 9.17) is 34.4 Å². The Hall–Kier alpha value is -11.5. The van der Waals surface area contributed by atoms with Crippen molar-refractivity contribution in [2.45, 2.75) is 337 Å². The van der Waals surface area contributed by atoms with Crippen LogP contribution < -0.4 is 125 Å². The van der Waals surface area contributed by atoms with Crippen LogP contribution in [-0.2, 0) is 95.9 Å². The minimum absolute atomic E-state index is 0.00261. The number of nitrogens with two attached hydrogens (primary N) is 6. The summed E-state index contributed by atoms with van der Waals surface area (Å²) in [5.41, 5.74) is 33.0. The molecule has 47 heteroatoms. The van der Waals surface area contributed by atoms with Crippen molar-refractivity contribution >= 4 is 124 Å². The molecule has 20 amide bonds. The highest BCUT2D eigenvalue weighted by molar-refractivity contribution is 6.02. The highest BCUT2D eigenvalue weighted by Gasteiger charge is 2.42. The van der Waals surface area contributed by atoms with Crippen molar-refractivity contribution in [1.82, 2.24) is 95.3 Å². The smallest absolute Gasteiger partial charge is 0.245 e. The van der Waals surface area contributed by atoms with E-state index >= 15 is 0 Å². The van der Waals surface area contributed by atoms with Crippen molar-refractivity contribution in [3.8, 4) is 0 Å². The maximum absolute atomic E-state index is 14.6. The van der Waals surface area contributed by atoms with Crippen molar-refractivity contribution in [3.05, 3.63) is 0 Å². The third-order valence-corrected chi connectivity index (χ3v) is 20.8. The number of nitrogens with one attached hydrogen (secondary N) is 17. The van der Waals surface area contributed by atoms with E-state index in [2.05, 4.69) is 95.4 Å². The van der Waals surface area contributed by atoms with Gasteiger partial charge in [0.1, 0.15) is 90.6 Å². The van der Waals surface area contributed by atoms with Gasteiger partial charge in [-0.3, -0.25) is 101 Å². The van der Waals surface area contributed by atoms with Crippen LogP contribution in [0.2, 0.25) is 0 Å². The molecule has 1 aliphatic rings. The molecule has 31 N–H and O–H groups in total. The van der Waals surface area contributed by atoms with Crippen LogP contribution in [0.4, 0.5) is 0 Å². The Kier molecular flexibility index (Phi) is 54.5. The number of rotatable bonds is 62. The second-order valence-electron chi connectivity index (χ2n) is 37.0. The molecule has 1 aliphatic heterocycles. The van der Waals surface area contributed by atoms with Crippen LogP contribution in [0.3, 0.4) is 0 Å². The van der Waals surface area contributed by atoms with E-state index in [1.54, 1.807) is 83.1 Å². The van der Waals surface area contributed by atoms with E-state index < -0.39 is 253 Å². The quantitative estimate of drug-likeness (QED) is 0.0153. The third-order valence-electron chi connectivity index (χ3n) is 20.8. The molecule has 0 saturated carbocycles. The van der Waals surface area contributed by atoms with Crippen LogP contribution in [0.25, 0.3) is 0 Å². The summed E-state index contributed by atoms with van der Waals surface area (Å²) in [4.78, 5) is 277. The van der Waals surface area contributed by atoms with Gasteiger partial charge in [-0.2, -0.15) is 0 Å². The number of guanidine groups is 1. The Balaban J connectivity index is 3.36. The van der Waals surface area contributed by atoms with E-state index in [9.17, 15) is 106 Å². The number of hydrogen-bond donors (Lipinski definition) is 25. The first-order chi connectivity index (χ1) is 61.9. The molecule has 0 aromatic carbocycles. The summed E-state index contributed by atoms with van der Waals surface area (Å²) in [6, 6.07) is -21.8. The lowest BCUT2D eigenvalue weighted by Crippen LogP contribution is -2.62. The molecule has 0 aliphatic carbocycles. The molecule has 756 valence electrons. The summed E-state index contributed by atoms with van der Waals surface area (Å²) in [5.74, 6) is -19.1. The summed E-state index contributed by atoms with van der Waals surface area (Å²) in [6.07, 6.45) is -2.12. The lowest BCUT2D eigenvalue weighted by atomic mass is 9.99. The van der Waals surface area contributed by atoms with Gasteiger partial charge in [-0.15, -0.1) is 0 Å². The summed E-state index contributed by atoms with van der Waals surface area (Å²) in [6.45, 7) is 29.4. The number of nitrogens with zero attached hydrogens (tertiary/aromatic N) is 2. The highest BCUT2D eigenvalue weighted by Crippen LogP contribution is 2.22. The zero-order valence-corrected chi connectivity index (χ0v) is 80.7. The average Bonchev–Trinajstić information content (AvgIpc) is 1.81. The minimum atomic E-state index is -1.79. The first-order valence-corrected chi connectivity index (χ1v) is 45.7. The summed E-state index contributed by atoms with van der Waals surface area (Å²) >= 11 is 0. The zero-order valence-electron chi connectivity index (χ0n) is 80.7. The minimum Gasteiger partial charge on any atom is -0.391 e. The Labute approximate surface area is 779 Å². The van der Waals surface area contributed by atoms with Gasteiger partial charge >= 0.3 is 0 Å². The number of carbonyl (C=O) groups excluding carboxylic acids is 20. The van der Waals surface area contributed by atoms with Crippen molar-refractivity contribution in [3.63, 3.8) is 0 Å². The number of aliphatic hydroxyl groups is 2. The molecule has 1 fully saturated rings. The topological polar surface area (TPSA) is 758 Å². The number of unbranched alkanes of at least 4 members (excludes halogenated alkanes) is 1. The molecule has 0 radical (unpaired) electrons. The van der Waals surface area contributed by atoms with Gasteiger partial charge in [-0.25, -0.2) is 0 Å². The molecular formula is C86H155N25O22. The number of amides is 20. The van der Waals surface area contributed by atoms with Crippen LogP contribution in [0.5, 0.6) is 0 Å². The summed E-state index contributed by atoms with van der Waals surface area (Å²) in [5, 5.41) is 64.6. The Morgan fingerprint density at radius 2 is 0.677 bits per heavy atom. The van der Waals surface area contributed by atoms with Crippen molar-refractivity contribution < 1.29 is 106 Å². The number of aliphatic imine (C=N–C) groups is 1. The zero-order chi connectivity index (χ0) is 102. The Bertz CT molecular complexity index is 3930. The Morgan fingerprint density at radius 3 is 1.12 bits per heavy atom. The van der Waals surface area contributed by atoms with Gasteiger partial charge < -0.3 is 140 Å². The maximum atomic E-state index is 14.6. The lowest BCUT2D eigenvalue weighted by molar-refractivity contribution is -0.143. The molecule has 1 heterocycles. The second-order valence-corrected chi connectivity index (χ2v) is 37.0. The fraction of sp³-hybridized carbons (Fsp3) is 0.756. The molecule has 1 saturated heterocycles. The van der Waals surface area contributed by atoms with Gasteiger partial charge in [-0.1, -0.05) is 96.9 Å². The molecule has 0 aromatic heterocycles. The fourth-order valence-electron chi connectivity index (χ4n) is 14.0. The van der Waals surface area contributed by atoms with Gasteiger partial charge in [0.2, 0.25) is 118 Å². The van der Waals surface area contributed by atoms with Crippen molar-refractivity contribution in [2.75, 3.05) is 39.3 Å². The molecule has 18 atom stereocenters. The standard InChI is InChI=1S/C86H155N25O22/c1-41(2)30-55(103-73(121)53(88)24-22-28-93-86(91)92)74(122)96-40-67(117)109-68(51(18)112)83(131)99-50(17)72(120)108-62(36-47(13)14)85(133)111-29-23-26-63(111)82(130)98-49(16)71(119)102-58(33-44(7)8)80(128)105-59(34-45(9)10)79(127)101-54(25-20-21-27-87)76(124)110-69(52(19)113)84(132)107-60(35-46(11)12)81(129)104-57(32-43(5)6)77(125)97-48(15)70(118)95-39-66(116)100-56(31-42(3)4)78(126)106-61(37-64(89)114)75(123)94-38-65(90)115/h41-63,68-69,112-113H,20-40,87-88H2,1-19H3,(H2,89,114)(H2,90,115)(H,94,123)(H,95,118)(H,96,122)(H,97,125)(H,98,130)(H,99,131)(H,100,116)(H,101,127)(H,102,119)(H,103,121)(H,104,129)(H,105,128)(H,106,126)(H,107,132)(H,108,120)(H,109,117)(H,110,124)(H4,91,92,93)/t48-,49-,50-,51+,52+,53-,54-,55-,56-,57-,58-,59-,60-,61-,62-,63-,68-,69-/m0/s1. The number of primary amides is 2. The van der Waals surface area contributed by atoms with Crippen LogP contribution in [-0.4, -0.2) is 287 Å². The molecule has 133 heavy (non-hydrogen) atoms. The lowest BCUT2D eigenvalue weighted by Gasteiger charge is -2.31. The first kappa shape index (κ1) is 120. The second kappa shape index (κ2) is 60.6. The van der Waals surface area contributed by atoms with Gasteiger partial charge in [-0.05, 0) is 172 Å². The predicted molar refractivity (Wildman–Crippen MR) is 491 cm³/mol. The maximum Gasteiger partial charge on any atom is 0.245 e. The SMILES string of the molecule is CC(C)C[C@H](NC(=O)CNC(=O)[C@H](C)NC(=O)[C@H](CC(C)C)NC(=O)[C@H](CC(C)C)NC(=O)[C@@H](NC(=O)[C@H](CCCCN)NC(=O)[C@H](CC(C)C)NC(=O)[C@H](CC(C)C)NC(=O)[C@H](C)NC(=O)[C@@H]1CCCN1C(=O)[C@H](CC(C)C)NC(=O)[C@H](C)NC(=O)[C@@H](NC(=O)CNC(=O)[C@H](CC(C)C)NC(=O)[C@@H](N)CCCN=C(N)N)[C@@H](C)O)[C@@H](C)O)C(=O)N[C@@H](CC(N)=O)C(=O)NCC(N)=O. The van der Waals surface area contributed by atoms with Crippen LogP contribution >= 0.6 is 0 Å². The first-order valence-electron chi connectivity index (χ1n) is 45.7. The van der Waals surface area contributed by atoms with Gasteiger partial charge in [0.25, 0.3) is 0 Å². The number of aliphatic hydroxyl groups excluding tert-OH is 2. The number of carbonyl (C=O) groups is 20. The largest absolute Gasteiger partial charge is 0.391 e. The molecule has 0 spiro atoms. The van der Waals surface area contributed by atoms with E-state index in [1.165, 1.54) is 39.5 Å². The molecule has 47 nitrogen and oxygen atoms in total. The van der Waals surface area contributed by atoms with Gasteiger partial charge in [0.05, 0.1) is 44.3 Å². The molecular weight excluding hydrogens is 1740 g/mol. The molecule has 0 aromatic rings. The third kappa shape index (κ3) is 47.1. The monoisotopic (exact) mass is 1890 g/mol. The van der Waals surface area contributed by atoms with Gasteiger partial charge in [0.15, 0.2) is 5.96 Å². The van der Waals surface area contributed by atoms with Crippen molar-refractivity contribution in [1.29, 1.82) is 0 Å².